The fourth-order valence-corrected chi connectivity index (χ4v) is 4.81. The Hall–Kier alpha value is -1.30. The molecule has 1 aliphatic carbocycles. The first-order chi connectivity index (χ1) is 13.3. The van der Waals surface area contributed by atoms with E-state index in [-0.39, 0.29) is 24.0 Å². The van der Waals surface area contributed by atoms with Gasteiger partial charge in [0.2, 0.25) is 5.91 Å². The van der Waals surface area contributed by atoms with Crippen LogP contribution in [0.1, 0.15) is 44.6 Å². The zero-order valence-electron chi connectivity index (χ0n) is 16.5. The van der Waals surface area contributed by atoms with Crippen molar-refractivity contribution < 1.29 is 14.3 Å². The highest BCUT2D eigenvalue weighted by molar-refractivity contribution is 6.42. The topological polar surface area (TPSA) is 49.9 Å². The summed E-state index contributed by atoms with van der Waals surface area (Å²) in [6, 6.07) is 5.84. The van der Waals surface area contributed by atoms with Crippen molar-refractivity contribution in [3.05, 3.63) is 33.8 Å². The molecule has 3 unspecified atom stereocenters. The molecule has 5 nitrogen and oxygen atoms in total. The summed E-state index contributed by atoms with van der Waals surface area (Å²) >= 11 is 12.1. The lowest BCUT2D eigenvalue weighted by Gasteiger charge is -2.42. The summed E-state index contributed by atoms with van der Waals surface area (Å²) in [6.07, 6.45) is 5.52. The largest absolute Gasteiger partial charge is 0.461 e. The third kappa shape index (κ3) is 5.19. The van der Waals surface area contributed by atoms with E-state index in [4.69, 9.17) is 27.9 Å². The maximum atomic E-state index is 12.9. The highest BCUT2D eigenvalue weighted by Crippen LogP contribution is 2.30. The summed E-state index contributed by atoms with van der Waals surface area (Å²) in [5.41, 5.74) is 0.870. The van der Waals surface area contributed by atoms with E-state index >= 15 is 0 Å². The van der Waals surface area contributed by atoms with Gasteiger partial charge in [0.1, 0.15) is 6.10 Å². The molecule has 1 saturated heterocycles. The number of likely N-dealkylation sites (tertiary alicyclic amines) is 1. The zero-order chi connectivity index (χ0) is 20.3. The molecule has 0 radical (unpaired) electrons. The van der Waals surface area contributed by atoms with Crippen molar-refractivity contribution >= 4 is 35.1 Å². The molecule has 154 valence electrons. The van der Waals surface area contributed by atoms with E-state index in [1.807, 2.05) is 18.0 Å². The second-order valence-electron chi connectivity index (χ2n) is 7.86. The lowest BCUT2D eigenvalue weighted by molar-refractivity contribution is -0.145. The van der Waals surface area contributed by atoms with Crippen molar-refractivity contribution in [2.45, 2.75) is 63.6 Å². The molecule has 0 bridgehead atoms. The van der Waals surface area contributed by atoms with Gasteiger partial charge < -0.3 is 9.64 Å². The minimum Gasteiger partial charge on any atom is -0.461 e. The van der Waals surface area contributed by atoms with E-state index in [0.717, 1.165) is 44.3 Å². The Morgan fingerprint density at radius 3 is 2.64 bits per heavy atom. The van der Waals surface area contributed by atoms with Crippen molar-refractivity contribution in [3.63, 3.8) is 0 Å². The molecule has 1 aromatic rings. The van der Waals surface area contributed by atoms with Crippen LogP contribution in [0.5, 0.6) is 0 Å². The van der Waals surface area contributed by atoms with Crippen molar-refractivity contribution in [3.8, 4) is 0 Å². The fraction of sp³-hybridized carbons (Fsp3) is 0.619. The van der Waals surface area contributed by atoms with Gasteiger partial charge in [-0.15, -0.1) is 0 Å². The average molecular weight is 427 g/mol. The Labute approximate surface area is 176 Å². The van der Waals surface area contributed by atoms with Crippen molar-refractivity contribution in [1.29, 1.82) is 0 Å². The average Bonchev–Trinajstić information content (AvgIpc) is 3.11. The Balaban J connectivity index is 1.64. The van der Waals surface area contributed by atoms with Crippen LogP contribution < -0.4 is 0 Å². The number of nitrogens with zero attached hydrogens (tertiary/aromatic N) is 2. The summed E-state index contributed by atoms with van der Waals surface area (Å²) in [5, 5.41) is 0.966. The van der Waals surface area contributed by atoms with Gasteiger partial charge in [0.15, 0.2) is 0 Å². The second kappa shape index (κ2) is 9.47. The lowest BCUT2D eigenvalue weighted by atomic mass is 9.88. The van der Waals surface area contributed by atoms with Gasteiger partial charge in [0, 0.05) is 39.1 Å². The first-order valence-corrected chi connectivity index (χ1v) is 10.7. The number of carbonyl (C=O) groups excluding carboxylic acids is 2. The molecule has 3 rings (SSSR count). The molecule has 3 atom stereocenters. The minimum absolute atomic E-state index is 0.0303. The molecule has 1 saturated carbocycles. The molecular formula is C21H28Cl2N2O3. The van der Waals surface area contributed by atoms with E-state index in [0.29, 0.717) is 22.5 Å². The van der Waals surface area contributed by atoms with Crippen molar-refractivity contribution in [2.75, 3.05) is 20.1 Å². The molecule has 2 aliphatic rings. The van der Waals surface area contributed by atoms with Crippen LogP contribution in [0.3, 0.4) is 0 Å². The van der Waals surface area contributed by atoms with Crippen molar-refractivity contribution in [2.24, 2.45) is 0 Å². The van der Waals surface area contributed by atoms with Crippen LogP contribution >= 0.6 is 23.2 Å². The zero-order valence-corrected chi connectivity index (χ0v) is 18.0. The summed E-state index contributed by atoms with van der Waals surface area (Å²) in [4.78, 5) is 28.5. The lowest BCUT2D eigenvalue weighted by Crippen LogP contribution is -2.53. The number of benzene rings is 1. The Bertz CT molecular complexity index is 728. The first-order valence-electron chi connectivity index (χ1n) is 9.96. The van der Waals surface area contributed by atoms with Gasteiger partial charge in [-0.05, 0) is 37.0 Å². The molecule has 1 aliphatic heterocycles. The highest BCUT2D eigenvalue weighted by atomic mass is 35.5. The quantitative estimate of drug-likeness (QED) is 0.668. The van der Waals surface area contributed by atoms with E-state index in [1.165, 1.54) is 13.3 Å². The predicted molar refractivity (Wildman–Crippen MR) is 111 cm³/mol. The van der Waals surface area contributed by atoms with Gasteiger partial charge >= 0.3 is 5.97 Å². The first kappa shape index (κ1) is 21.4. The number of esters is 1. The standard InChI is InChI=1S/C21H28Cl2N2O3/c1-14(26)28-16-9-10-25(13-16)20-6-4-3-5-19(20)24(2)21(27)12-15-7-8-17(22)18(23)11-15/h7-8,11,16,19-20H,3-6,9-10,12-13H2,1-2H3. The molecule has 0 spiro atoms. The van der Waals surface area contributed by atoms with Crippen LogP contribution in [0.4, 0.5) is 0 Å². The molecule has 1 heterocycles. The number of hydrogen-bond acceptors (Lipinski definition) is 4. The normalized spacial score (nSPS) is 25.5. The molecule has 2 fully saturated rings. The number of ether oxygens (including phenoxy) is 1. The Kier molecular flexibility index (Phi) is 7.24. The molecule has 0 N–H and O–H groups in total. The number of amides is 1. The molecule has 1 aromatic carbocycles. The van der Waals surface area contributed by atoms with Gasteiger partial charge in [0.25, 0.3) is 0 Å². The van der Waals surface area contributed by atoms with Crippen LogP contribution in [-0.2, 0) is 20.7 Å². The van der Waals surface area contributed by atoms with Gasteiger partial charge in [0.05, 0.1) is 16.5 Å². The Morgan fingerprint density at radius 1 is 1.18 bits per heavy atom. The number of halogens is 2. The van der Waals surface area contributed by atoms with E-state index in [2.05, 4.69) is 4.90 Å². The minimum atomic E-state index is -0.221. The van der Waals surface area contributed by atoms with E-state index in [1.54, 1.807) is 12.1 Å². The van der Waals surface area contributed by atoms with Crippen molar-refractivity contribution in [1.82, 2.24) is 9.80 Å². The number of likely N-dealkylation sites (N-methyl/N-ethyl adjacent to an activating group) is 1. The van der Waals surface area contributed by atoms with Gasteiger partial charge in [-0.3, -0.25) is 14.5 Å². The Morgan fingerprint density at radius 2 is 1.93 bits per heavy atom. The van der Waals surface area contributed by atoms with Gasteiger partial charge in [-0.1, -0.05) is 42.1 Å². The summed E-state index contributed by atoms with van der Waals surface area (Å²) in [6.45, 7) is 3.13. The maximum absolute atomic E-state index is 12.9. The van der Waals surface area contributed by atoms with Crippen LogP contribution in [-0.4, -0.2) is 60.0 Å². The smallest absolute Gasteiger partial charge is 0.302 e. The molecular weight excluding hydrogens is 399 g/mol. The highest BCUT2D eigenvalue weighted by Gasteiger charge is 2.38. The van der Waals surface area contributed by atoms with Gasteiger partial charge in [-0.2, -0.15) is 0 Å². The number of rotatable bonds is 5. The summed E-state index contributed by atoms with van der Waals surface area (Å²) in [5.74, 6) is -0.132. The van der Waals surface area contributed by atoms with Crippen LogP contribution in [0, 0.1) is 0 Å². The number of hydrogen-bond donors (Lipinski definition) is 0. The third-order valence-electron chi connectivity index (χ3n) is 5.90. The summed E-state index contributed by atoms with van der Waals surface area (Å²) < 4.78 is 5.39. The fourth-order valence-electron chi connectivity index (χ4n) is 4.49. The maximum Gasteiger partial charge on any atom is 0.302 e. The van der Waals surface area contributed by atoms with Crippen LogP contribution in [0.15, 0.2) is 18.2 Å². The monoisotopic (exact) mass is 426 g/mol. The van der Waals surface area contributed by atoms with Gasteiger partial charge in [-0.25, -0.2) is 0 Å². The predicted octanol–water partition coefficient (Wildman–Crippen LogP) is 3.94. The van der Waals surface area contributed by atoms with Crippen LogP contribution in [0.25, 0.3) is 0 Å². The molecule has 7 heteroatoms. The third-order valence-corrected chi connectivity index (χ3v) is 6.64. The van der Waals surface area contributed by atoms with E-state index in [9.17, 15) is 9.59 Å². The van der Waals surface area contributed by atoms with Crippen LogP contribution in [0.2, 0.25) is 10.0 Å². The van der Waals surface area contributed by atoms with E-state index < -0.39 is 0 Å². The molecule has 28 heavy (non-hydrogen) atoms. The summed E-state index contributed by atoms with van der Waals surface area (Å²) in [7, 11) is 1.91. The number of carbonyl (C=O) groups is 2. The second-order valence-corrected chi connectivity index (χ2v) is 8.68. The molecule has 0 aromatic heterocycles. The SMILES string of the molecule is CC(=O)OC1CCN(C2CCCCC2N(C)C(=O)Cc2ccc(Cl)c(Cl)c2)C1. The molecule has 1 amide bonds.